The zero-order valence-electron chi connectivity index (χ0n) is 15.1. The Morgan fingerprint density at radius 1 is 1.33 bits per heavy atom. The molecule has 1 atom stereocenters. The molecule has 6 nitrogen and oxygen atoms in total. The Kier molecular flexibility index (Phi) is 6.73. The summed E-state index contributed by atoms with van der Waals surface area (Å²) < 4.78 is 16.7. The predicted molar refractivity (Wildman–Crippen MR) is 96.0 cm³/mol. The first-order chi connectivity index (χ1) is 11.6. The fourth-order valence-corrected chi connectivity index (χ4v) is 2.75. The first-order valence-corrected chi connectivity index (χ1v) is 8.48. The van der Waals surface area contributed by atoms with E-state index in [1.54, 1.807) is 14.2 Å². The van der Waals surface area contributed by atoms with E-state index in [1.807, 2.05) is 25.1 Å². The van der Waals surface area contributed by atoms with Crippen molar-refractivity contribution < 1.29 is 14.2 Å². The average Bonchev–Trinajstić information content (AvgIpc) is 3.03. The van der Waals surface area contributed by atoms with Gasteiger partial charge in [0.25, 0.3) is 0 Å². The Morgan fingerprint density at radius 2 is 2.17 bits per heavy atom. The maximum atomic E-state index is 5.79. The van der Waals surface area contributed by atoms with Gasteiger partial charge in [-0.1, -0.05) is 6.07 Å². The van der Waals surface area contributed by atoms with Crippen LogP contribution in [0.25, 0.3) is 0 Å². The minimum atomic E-state index is -0.0972. The van der Waals surface area contributed by atoms with Crippen molar-refractivity contribution in [2.75, 3.05) is 33.9 Å². The highest BCUT2D eigenvalue weighted by molar-refractivity contribution is 5.79. The lowest BCUT2D eigenvalue weighted by Crippen LogP contribution is -2.45. The average molecular weight is 335 g/mol. The number of methoxy groups -OCH3 is 1. The lowest BCUT2D eigenvalue weighted by Gasteiger charge is -2.24. The van der Waals surface area contributed by atoms with Crippen LogP contribution in [0.4, 0.5) is 0 Å². The van der Waals surface area contributed by atoms with Crippen LogP contribution in [0.2, 0.25) is 0 Å². The highest BCUT2D eigenvalue weighted by Crippen LogP contribution is 2.28. The van der Waals surface area contributed by atoms with E-state index < -0.39 is 0 Å². The van der Waals surface area contributed by atoms with Crippen molar-refractivity contribution in [3.63, 3.8) is 0 Å². The Bertz CT molecular complexity index is 554. The van der Waals surface area contributed by atoms with Gasteiger partial charge in [-0.3, -0.25) is 4.99 Å². The number of hydrogen-bond acceptors (Lipinski definition) is 4. The monoisotopic (exact) mass is 335 g/mol. The van der Waals surface area contributed by atoms with Crippen molar-refractivity contribution in [1.82, 2.24) is 10.6 Å². The molecule has 1 aliphatic rings. The van der Waals surface area contributed by atoms with Crippen LogP contribution in [-0.4, -0.2) is 45.5 Å². The van der Waals surface area contributed by atoms with E-state index in [0.717, 1.165) is 49.0 Å². The molecular formula is C18H29N3O3. The number of ether oxygens (including phenoxy) is 3. The first kappa shape index (κ1) is 18.4. The zero-order valence-corrected chi connectivity index (χ0v) is 15.1. The molecule has 2 rings (SSSR count). The van der Waals surface area contributed by atoms with Gasteiger partial charge >= 0.3 is 0 Å². The Hall–Kier alpha value is -1.95. The van der Waals surface area contributed by atoms with E-state index in [1.165, 1.54) is 0 Å². The molecule has 134 valence electrons. The summed E-state index contributed by atoms with van der Waals surface area (Å²) in [5.74, 6) is 2.27. The van der Waals surface area contributed by atoms with E-state index in [2.05, 4.69) is 22.5 Å². The molecular weight excluding hydrogens is 306 g/mol. The number of nitrogens with one attached hydrogen (secondary N) is 2. The third-order valence-corrected chi connectivity index (χ3v) is 4.14. The molecule has 1 unspecified atom stereocenters. The van der Waals surface area contributed by atoms with Crippen LogP contribution in [0, 0.1) is 0 Å². The molecule has 6 heteroatoms. The summed E-state index contributed by atoms with van der Waals surface area (Å²) in [6, 6.07) is 5.94. The Balaban J connectivity index is 1.88. The van der Waals surface area contributed by atoms with Crippen LogP contribution in [0.5, 0.6) is 11.5 Å². The van der Waals surface area contributed by atoms with Crippen LogP contribution in [0.3, 0.4) is 0 Å². The Labute approximate surface area is 144 Å². The van der Waals surface area contributed by atoms with Crippen LogP contribution in [0.15, 0.2) is 23.2 Å². The molecule has 24 heavy (non-hydrogen) atoms. The van der Waals surface area contributed by atoms with Gasteiger partial charge in [0.15, 0.2) is 17.5 Å². The first-order valence-electron chi connectivity index (χ1n) is 8.48. The van der Waals surface area contributed by atoms with Crippen molar-refractivity contribution in [2.45, 2.75) is 38.8 Å². The molecule has 1 aromatic rings. The molecule has 1 aliphatic heterocycles. The second kappa shape index (κ2) is 8.78. The summed E-state index contributed by atoms with van der Waals surface area (Å²) in [6.45, 7) is 6.96. The summed E-state index contributed by atoms with van der Waals surface area (Å²) in [6.07, 6.45) is 2.20. The Morgan fingerprint density at radius 3 is 2.79 bits per heavy atom. The molecule has 0 saturated carbocycles. The highest BCUT2D eigenvalue weighted by atomic mass is 16.5. The van der Waals surface area contributed by atoms with E-state index in [-0.39, 0.29) is 5.60 Å². The third kappa shape index (κ3) is 5.03. The van der Waals surface area contributed by atoms with E-state index in [0.29, 0.717) is 13.2 Å². The number of nitrogens with zero attached hydrogens (tertiary/aromatic N) is 1. The van der Waals surface area contributed by atoms with Gasteiger partial charge in [0.05, 0.1) is 19.3 Å². The molecule has 0 radical (unpaired) electrons. The van der Waals surface area contributed by atoms with Gasteiger partial charge in [-0.25, -0.2) is 0 Å². The van der Waals surface area contributed by atoms with Gasteiger partial charge in [-0.2, -0.15) is 0 Å². The number of hydrogen-bond donors (Lipinski definition) is 2. The lowest BCUT2D eigenvalue weighted by molar-refractivity contribution is 0.0243. The molecule has 0 aliphatic carbocycles. The van der Waals surface area contributed by atoms with Crippen molar-refractivity contribution in [2.24, 2.45) is 4.99 Å². The van der Waals surface area contributed by atoms with Crippen molar-refractivity contribution in [3.8, 4) is 11.5 Å². The van der Waals surface area contributed by atoms with Crippen LogP contribution in [0.1, 0.15) is 32.3 Å². The fraction of sp³-hybridized carbons (Fsp3) is 0.611. The van der Waals surface area contributed by atoms with Crippen LogP contribution < -0.4 is 20.1 Å². The molecule has 0 bridgehead atoms. The van der Waals surface area contributed by atoms with Gasteiger partial charge in [0.2, 0.25) is 0 Å². The summed E-state index contributed by atoms with van der Waals surface area (Å²) in [5.41, 5.74) is 1.00. The minimum Gasteiger partial charge on any atom is -0.493 e. The normalized spacial score (nSPS) is 20.8. The quantitative estimate of drug-likeness (QED) is 0.591. The molecule has 0 aromatic heterocycles. The third-order valence-electron chi connectivity index (χ3n) is 4.14. The van der Waals surface area contributed by atoms with Crippen molar-refractivity contribution in [3.05, 3.63) is 23.8 Å². The predicted octanol–water partition coefficient (Wildman–Crippen LogP) is 2.33. The van der Waals surface area contributed by atoms with Crippen molar-refractivity contribution >= 4 is 5.96 Å². The van der Waals surface area contributed by atoms with Crippen molar-refractivity contribution in [1.29, 1.82) is 0 Å². The fourth-order valence-electron chi connectivity index (χ4n) is 2.75. The van der Waals surface area contributed by atoms with Gasteiger partial charge in [0.1, 0.15) is 0 Å². The minimum absolute atomic E-state index is 0.0972. The second-order valence-electron chi connectivity index (χ2n) is 6.10. The second-order valence-corrected chi connectivity index (χ2v) is 6.10. The van der Waals surface area contributed by atoms with E-state index in [4.69, 9.17) is 14.2 Å². The highest BCUT2D eigenvalue weighted by Gasteiger charge is 2.29. The number of rotatable bonds is 7. The topological polar surface area (TPSA) is 64.1 Å². The molecule has 0 spiro atoms. The maximum Gasteiger partial charge on any atom is 0.191 e. The van der Waals surface area contributed by atoms with Gasteiger partial charge in [-0.15, -0.1) is 0 Å². The largest absolute Gasteiger partial charge is 0.493 e. The summed E-state index contributed by atoms with van der Waals surface area (Å²) in [4.78, 5) is 4.27. The van der Waals surface area contributed by atoms with Crippen LogP contribution in [-0.2, 0) is 11.3 Å². The van der Waals surface area contributed by atoms with Gasteiger partial charge < -0.3 is 24.8 Å². The molecule has 1 saturated heterocycles. The van der Waals surface area contributed by atoms with Gasteiger partial charge in [0, 0.05) is 26.7 Å². The molecule has 0 amide bonds. The number of benzene rings is 1. The van der Waals surface area contributed by atoms with E-state index >= 15 is 0 Å². The number of aliphatic imine (C=N–C) groups is 1. The maximum absolute atomic E-state index is 5.79. The summed E-state index contributed by atoms with van der Waals surface area (Å²) in [5, 5.41) is 6.66. The lowest BCUT2D eigenvalue weighted by atomic mass is 10.0. The summed E-state index contributed by atoms with van der Waals surface area (Å²) >= 11 is 0. The van der Waals surface area contributed by atoms with Crippen LogP contribution >= 0.6 is 0 Å². The van der Waals surface area contributed by atoms with Gasteiger partial charge in [-0.05, 0) is 44.4 Å². The molecule has 1 aromatic carbocycles. The smallest absolute Gasteiger partial charge is 0.191 e. The zero-order chi connectivity index (χ0) is 17.4. The molecule has 2 N–H and O–H groups in total. The summed E-state index contributed by atoms with van der Waals surface area (Å²) in [7, 11) is 3.42. The standard InChI is InChI=1S/C18H29N3O3/c1-5-23-15-8-7-14(11-16(15)22-4)12-20-17(19-3)21-13-18(2)9-6-10-24-18/h7-8,11H,5-6,9-10,12-13H2,1-4H3,(H2,19,20,21). The molecule has 1 fully saturated rings. The van der Waals surface area contributed by atoms with E-state index in [9.17, 15) is 0 Å². The SMILES string of the molecule is CCOc1ccc(CNC(=NC)NCC2(C)CCCO2)cc1OC. The number of guanidine groups is 1. The molecule has 1 heterocycles.